The van der Waals surface area contributed by atoms with Crippen molar-refractivity contribution in [2.75, 3.05) is 13.1 Å². The van der Waals surface area contributed by atoms with E-state index in [9.17, 15) is 0 Å². The maximum absolute atomic E-state index is 8.83. The Morgan fingerprint density at radius 2 is 1.88 bits per heavy atom. The molecule has 2 radical (unpaired) electrons. The number of nitrogens with zero attached hydrogens (tertiary/aromatic N) is 1. The summed E-state index contributed by atoms with van der Waals surface area (Å²) < 4.78 is 20.1. The molecule has 0 rings (SSSR count). The van der Waals surface area contributed by atoms with Crippen LogP contribution in [0.1, 0.15) is 12.8 Å². The summed E-state index contributed by atoms with van der Waals surface area (Å²) in [5.41, 5.74) is 15.3. The van der Waals surface area contributed by atoms with Gasteiger partial charge in [0.05, 0.1) is 0 Å². The summed E-state index contributed by atoms with van der Waals surface area (Å²) in [4.78, 5) is 3.80. The molecule has 1 atom stereocenters. The van der Waals surface area contributed by atoms with Gasteiger partial charge in [-0.1, -0.05) is 8.89 Å². The Morgan fingerprint density at radius 3 is 2.24 bits per heavy atom. The second-order valence-corrected chi connectivity index (χ2v) is 3.17. The van der Waals surface area contributed by atoms with Crippen LogP contribution in [0.2, 0.25) is 0 Å². The molecule has 0 saturated heterocycles. The van der Waals surface area contributed by atoms with Gasteiger partial charge in [0.25, 0.3) is 0 Å². The first-order valence-electron chi connectivity index (χ1n) is 4.43. The molecular weight excluding hydrogens is 252 g/mol. The molecule has 0 spiro atoms. The molecule has 0 bridgehead atoms. The number of nitrogens with one attached hydrogen (secondary N) is 2. The summed E-state index contributed by atoms with van der Waals surface area (Å²) in [5, 5.41) is 18.0. The van der Waals surface area contributed by atoms with E-state index in [2.05, 4.69) is 14.6 Å². The molecule has 10 nitrogen and oxygen atoms in total. The number of rotatable bonds is 6. The standard InChI is InChI=1S/C6H16N6.O4S/c7-5(8)11-3-1-2-4-12-6(9)10;1-4-5(2)3/h1-4H2,(H4,7,8,11)(H4,9,10,12);. The van der Waals surface area contributed by atoms with E-state index >= 15 is 0 Å². The lowest BCUT2D eigenvalue weighted by atomic mass is 10.3. The molecule has 8 N–H and O–H groups in total. The van der Waals surface area contributed by atoms with Crippen LogP contribution in [-0.2, 0) is 25.5 Å². The van der Waals surface area contributed by atoms with Crippen LogP contribution in [0.4, 0.5) is 0 Å². The number of unbranched alkanes of at least 4 members (excludes halogenated alkanes) is 1. The molecule has 0 amide bonds. The van der Waals surface area contributed by atoms with E-state index in [-0.39, 0.29) is 11.9 Å². The third kappa shape index (κ3) is 25.1. The highest BCUT2D eigenvalue weighted by molar-refractivity contribution is 7.73. The van der Waals surface area contributed by atoms with Crippen LogP contribution < -0.4 is 22.5 Å². The summed E-state index contributed by atoms with van der Waals surface area (Å²) in [6, 6.07) is 0. The summed E-state index contributed by atoms with van der Waals surface area (Å²) in [5.74, 6) is 0.117. The number of nitrogens with two attached hydrogens (primary N) is 3. The van der Waals surface area contributed by atoms with Gasteiger partial charge in [-0.2, -0.15) is 4.21 Å². The van der Waals surface area contributed by atoms with Crippen molar-refractivity contribution in [3.05, 3.63) is 0 Å². The second-order valence-electron chi connectivity index (χ2n) is 2.63. The SMILES string of the molecule is N=C(N)NCCCCN=C(N)N.[O]OS([O])=O. The van der Waals surface area contributed by atoms with Gasteiger partial charge in [0, 0.05) is 13.1 Å². The fourth-order valence-corrected chi connectivity index (χ4v) is 0.668. The lowest BCUT2D eigenvalue weighted by Gasteiger charge is -2.01. The van der Waals surface area contributed by atoms with E-state index < -0.39 is 11.4 Å². The predicted molar refractivity (Wildman–Crippen MR) is 60.4 cm³/mol. The van der Waals surface area contributed by atoms with Gasteiger partial charge in [-0.15, -0.1) is 0 Å². The van der Waals surface area contributed by atoms with Crippen LogP contribution in [0.15, 0.2) is 4.99 Å². The number of hydrogen-bond acceptors (Lipinski definition) is 4. The molecule has 1 unspecified atom stereocenters. The van der Waals surface area contributed by atoms with E-state index in [1.54, 1.807) is 0 Å². The molecule has 0 aromatic rings. The molecule has 100 valence electrons. The molecule has 0 saturated carbocycles. The average Bonchev–Trinajstić information content (AvgIpc) is 2.23. The molecule has 0 heterocycles. The molecule has 0 aromatic carbocycles. The normalized spacial score (nSPS) is 10.7. The Labute approximate surface area is 101 Å². The summed E-state index contributed by atoms with van der Waals surface area (Å²) >= 11 is -2.88. The summed E-state index contributed by atoms with van der Waals surface area (Å²) in [6.45, 7) is 1.32. The van der Waals surface area contributed by atoms with Crippen molar-refractivity contribution in [1.82, 2.24) is 5.32 Å². The highest BCUT2D eigenvalue weighted by Gasteiger charge is 1.88. The van der Waals surface area contributed by atoms with E-state index in [1.807, 2.05) is 0 Å². The zero-order chi connectivity index (χ0) is 13.7. The third-order valence-electron chi connectivity index (χ3n) is 1.25. The smallest absolute Gasteiger partial charge is 0.366 e. The average molecular weight is 268 g/mol. The maximum Gasteiger partial charge on any atom is 0.366 e. The molecule has 11 heteroatoms. The van der Waals surface area contributed by atoms with Gasteiger partial charge < -0.3 is 22.5 Å². The van der Waals surface area contributed by atoms with Gasteiger partial charge in [0.1, 0.15) is 0 Å². The first-order chi connectivity index (χ1) is 7.90. The van der Waals surface area contributed by atoms with Crippen LogP contribution in [0.25, 0.3) is 0 Å². The van der Waals surface area contributed by atoms with Crippen LogP contribution >= 0.6 is 0 Å². The van der Waals surface area contributed by atoms with Gasteiger partial charge in [-0.05, 0) is 18.1 Å². The van der Waals surface area contributed by atoms with Crippen LogP contribution in [-0.4, -0.2) is 29.2 Å². The number of hydrogen-bond donors (Lipinski definition) is 5. The van der Waals surface area contributed by atoms with E-state index in [4.69, 9.17) is 36.6 Å². The molecule has 0 fully saturated rings. The maximum atomic E-state index is 8.83. The first kappa shape index (κ1) is 17.9. The molecule has 0 aromatic heterocycles. The Hall–Kier alpha value is -1.43. The lowest BCUT2D eigenvalue weighted by Crippen LogP contribution is -2.31. The van der Waals surface area contributed by atoms with Crippen LogP contribution in [0.3, 0.4) is 0 Å². The Morgan fingerprint density at radius 1 is 1.35 bits per heavy atom. The zero-order valence-corrected chi connectivity index (χ0v) is 9.87. The highest BCUT2D eigenvalue weighted by Crippen LogP contribution is 1.86. The van der Waals surface area contributed by atoms with Gasteiger partial charge in [-0.3, -0.25) is 10.4 Å². The number of aliphatic imine (C=N–C) groups is 1. The van der Waals surface area contributed by atoms with Crippen LogP contribution in [0, 0.1) is 5.41 Å². The summed E-state index contributed by atoms with van der Waals surface area (Å²) in [7, 11) is 0. The second kappa shape index (κ2) is 12.6. The molecular formula is C6H16N6O4S. The Kier molecular flexibility index (Phi) is 13.3. The quantitative estimate of drug-likeness (QED) is 0.120. The molecule has 0 aliphatic rings. The van der Waals surface area contributed by atoms with Gasteiger partial charge in [-0.25, -0.2) is 0 Å². The van der Waals surface area contributed by atoms with E-state index in [0.29, 0.717) is 13.1 Å². The van der Waals surface area contributed by atoms with Crippen molar-refractivity contribution in [3.63, 3.8) is 0 Å². The van der Waals surface area contributed by atoms with Crippen LogP contribution in [0.5, 0.6) is 0 Å². The highest BCUT2D eigenvalue weighted by atomic mass is 32.2. The van der Waals surface area contributed by atoms with Crippen molar-refractivity contribution in [1.29, 1.82) is 5.41 Å². The fourth-order valence-electron chi connectivity index (χ4n) is 0.668. The molecule has 0 aliphatic carbocycles. The van der Waals surface area contributed by atoms with Crippen molar-refractivity contribution >= 4 is 23.3 Å². The van der Waals surface area contributed by atoms with Gasteiger partial charge in [0.15, 0.2) is 11.9 Å². The van der Waals surface area contributed by atoms with Crippen molar-refractivity contribution in [3.8, 4) is 0 Å². The van der Waals surface area contributed by atoms with Crippen molar-refractivity contribution < 1.29 is 18.4 Å². The summed E-state index contributed by atoms with van der Waals surface area (Å²) in [6.07, 6.45) is 1.79. The topological polar surface area (TPSA) is 192 Å². The zero-order valence-electron chi connectivity index (χ0n) is 9.05. The minimum absolute atomic E-state index is 0.00293. The minimum atomic E-state index is -2.88. The van der Waals surface area contributed by atoms with Crippen molar-refractivity contribution in [2.45, 2.75) is 12.8 Å². The monoisotopic (exact) mass is 268 g/mol. The third-order valence-corrected chi connectivity index (χ3v) is 1.36. The van der Waals surface area contributed by atoms with Crippen molar-refractivity contribution in [2.24, 2.45) is 22.2 Å². The number of guanidine groups is 2. The lowest BCUT2D eigenvalue weighted by molar-refractivity contribution is -0.205. The van der Waals surface area contributed by atoms with Gasteiger partial charge >= 0.3 is 11.4 Å². The van der Waals surface area contributed by atoms with Gasteiger partial charge in [0.2, 0.25) is 0 Å². The van der Waals surface area contributed by atoms with E-state index in [1.165, 1.54) is 0 Å². The molecule has 0 aliphatic heterocycles. The van der Waals surface area contributed by atoms with E-state index in [0.717, 1.165) is 12.8 Å². The Bertz CT molecular complexity index is 257. The first-order valence-corrected chi connectivity index (χ1v) is 5.43. The fraction of sp³-hybridized carbons (Fsp3) is 0.667. The predicted octanol–water partition coefficient (Wildman–Crippen LogP) is -2.12. The largest absolute Gasteiger partial charge is 0.370 e. The molecule has 17 heavy (non-hydrogen) atoms. The minimum Gasteiger partial charge on any atom is -0.370 e. The Balaban J connectivity index is 0.